The molecule has 2 N–H and O–H groups in total. The molecule has 4 rings (SSSR count). The number of hydrogen-bond acceptors (Lipinski definition) is 6. The molecule has 1 fully saturated rings. The lowest BCUT2D eigenvalue weighted by atomic mass is 10.1. The molecule has 0 saturated heterocycles. The average Bonchev–Trinajstić information content (AvgIpc) is 3.37. The molecule has 2 heterocycles. The summed E-state index contributed by atoms with van der Waals surface area (Å²) in [7, 11) is 0. The number of nitrogens with zero attached hydrogens (tertiary/aromatic N) is 2. The standard InChI is InChI=1S/C18H22N4O3/c1-3-14-17(23)20-13-7-6-12(8-15(13)24-14)10(2)19-9-16-21-18(25-22-16)11-4-5-11/h6-8,10-11,14,19H,3-5,9H2,1-2H3,(H,20,23). The van der Waals surface area contributed by atoms with E-state index in [9.17, 15) is 4.79 Å². The Balaban J connectivity index is 1.41. The van der Waals surface area contributed by atoms with E-state index in [0.717, 1.165) is 30.0 Å². The van der Waals surface area contributed by atoms with E-state index in [1.165, 1.54) is 0 Å². The molecule has 7 nitrogen and oxygen atoms in total. The van der Waals surface area contributed by atoms with Gasteiger partial charge in [0.2, 0.25) is 5.89 Å². The van der Waals surface area contributed by atoms with Gasteiger partial charge in [-0.15, -0.1) is 0 Å². The summed E-state index contributed by atoms with van der Waals surface area (Å²) in [5.41, 5.74) is 1.80. The maximum atomic E-state index is 11.8. The predicted octanol–water partition coefficient (Wildman–Crippen LogP) is 2.91. The van der Waals surface area contributed by atoms with Crippen molar-refractivity contribution in [1.82, 2.24) is 15.5 Å². The van der Waals surface area contributed by atoms with Crippen molar-refractivity contribution in [2.75, 3.05) is 5.32 Å². The normalized spacial score (nSPS) is 20.6. The van der Waals surface area contributed by atoms with Crippen LogP contribution >= 0.6 is 0 Å². The van der Waals surface area contributed by atoms with E-state index in [4.69, 9.17) is 9.26 Å². The lowest BCUT2D eigenvalue weighted by molar-refractivity contribution is -0.123. The van der Waals surface area contributed by atoms with Gasteiger partial charge in [0, 0.05) is 12.0 Å². The highest BCUT2D eigenvalue weighted by atomic mass is 16.5. The molecule has 7 heteroatoms. The van der Waals surface area contributed by atoms with Crippen LogP contribution in [-0.2, 0) is 11.3 Å². The van der Waals surface area contributed by atoms with Crippen LogP contribution in [0.4, 0.5) is 5.69 Å². The first kappa shape index (κ1) is 16.1. The van der Waals surface area contributed by atoms with Gasteiger partial charge in [0.05, 0.1) is 12.2 Å². The molecule has 0 spiro atoms. The number of benzene rings is 1. The van der Waals surface area contributed by atoms with Gasteiger partial charge in [-0.05, 0) is 43.9 Å². The van der Waals surface area contributed by atoms with Crippen LogP contribution in [0.3, 0.4) is 0 Å². The Hall–Kier alpha value is -2.41. The van der Waals surface area contributed by atoms with Crippen LogP contribution in [-0.4, -0.2) is 22.2 Å². The largest absolute Gasteiger partial charge is 0.478 e. The maximum Gasteiger partial charge on any atom is 0.265 e. The van der Waals surface area contributed by atoms with E-state index in [0.29, 0.717) is 30.5 Å². The lowest BCUT2D eigenvalue weighted by Gasteiger charge is -2.26. The van der Waals surface area contributed by atoms with E-state index < -0.39 is 6.10 Å². The fourth-order valence-corrected chi connectivity index (χ4v) is 2.90. The van der Waals surface area contributed by atoms with Crippen LogP contribution in [0.15, 0.2) is 22.7 Å². The van der Waals surface area contributed by atoms with Crippen molar-refractivity contribution in [2.45, 2.75) is 57.7 Å². The van der Waals surface area contributed by atoms with Gasteiger partial charge >= 0.3 is 0 Å². The van der Waals surface area contributed by atoms with Crippen LogP contribution in [0.25, 0.3) is 0 Å². The molecule has 1 aromatic carbocycles. The second-order valence-electron chi connectivity index (χ2n) is 6.69. The second kappa shape index (κ2) is 6.48. The minimum Gasteiger partial charge on any atom is -0.478 e. The maximum absolute atomic E-state index is 11.8. The smallest absolute Gasteiger partial charge is 0.265 e. The molecule has 1 aliphatic heterocycles. The van der Waals surface area contributed by atoms with Gasteiger partial charge in [0.25, 0.3) is 5.91 Å². The fraction of sp³-hybridized carbons (Fsp3) is 0.500. The first-order chi connectivity index (χ1) is 12.1. The summed E-state index contributed by atoms with van der Waals surface area (Å²) >= 11 is 0. The van der Waals surface area contributed by atoms with Gasteiger partial charge in [-0.25, -0.2) is 0 Å². The summed E-state index contributed by atoms with van der Waals surface area (Å²) in [6, 6.07) is 5.93. The molecule has 1 aliphatic carbocycles. The summed E-state index contributed by atoms with van der Waals surface area (Å²) in [5.74, 6) is 2.54. The molecule has 2 atom stereocenters. The van der Waals surface area contributed by atoms with E-state index >= 15 is 0 Å². The second-order valence-corrected chi connectivity index (χ2v) is 6.69. The van der Waals surface area contributed by atoms with Crippen LogP contribution in [0.5, 0.6) is 5.75 Å². The van der Waals surface area contributed by atoms with Crippen LogP contribution in [0.1, 0.15) is 62.3 Å². The van der Waals surface area contributed by atoms with Crippen molar-refractivity contribution in [3.63, 3.8) is 0 Å². The third-order valence-electron chi connectivity index (χ3n) is 4.67. The number of aromatic nitrogens is 2. The highest BCUT2D eigenvalue weighted by Crippen LogP contribution is 2.38. The first-order valence-electron chi connectivity index (χ1n) is 8.81. The van der Waals surface area contributed by atoms with Crippen LogP contribution in [0, 0.1) is 0 Å². The quantitative estimate of drug-likeness (QED) is 0.839. The van der Waals surface area contributed by atoms with Crippen molar-refractivity contribution >= 4 is 11.6 Å². The molecule has 1 saturated carbocycles. The van der Waals surface area contributed by atoms with Gasteiger partial charge in [-0.3, -0.25) is 4.79 Å². The Bertz CT molecular complexity index is 784. The van der Waals surface area contributed by atoms with Gasteiger partial charge in [-0.2, -0.15) is 4.98 Å². The molecule has 1 amide bonds. The molecule has 0 bridgehead atoms. The SMILES string of the molecule is CCC1Oc2cc(C(C)NCc3noc(C4CC4)n3)ccc2NC1=O. The Morgan fingerprint density at radius 2 is 2.24 bits per heavy atom. The van der Waals surface area contributed by atoms with E-state index in [-0.39, 0.29) is 11.9 Å². The number of rotatable bonds is 6. The zero-order valence-electron chi connectivity index (χ0n) is 14.4. The van der Waals surface area contributed by atoms with Gasteiger partial charge in [0.1, 0.15) is 5.75 Å². The molecule has 2 aromatic rings. The van der Waals surface area contributed by atoms with E-state index in [1.54, 1.807) is 0 Å². The van der Waals surface area contributed by atoms with Crippen molar-refractivity contribution in [2.24, 2.45) is 0 Å². The highest BCUT2D eigenvalue weighted by Gasteiger charge is 2.29. The van der Waals surface area contributed by atoms with Gasteiger partial charge in [-0.1, -0.05) is 18.1 Å². The summed E-state index contributed by atoms with van der Waals surface area (Å²) in [4.78, 5) is 16.3. The molecule has 25 heavy (non-hydrogen) atoms. The van der Waals surface area contributed by atoms with Crippen LogP contribution < -0.4 is 15.4 Å². The third kappa shape index (κ3) is 3.37. The van der Waals surface area contributed by atoms with Gasteiger partial charge in [0.15, 0.2) is 11.9 Å². The Kier molecular flexibility index (Phi) is 4.17. The minimum atomic E-state index is -0.425. The molecular weight excluding hydrogens is 320 g/mol. The lowest BCUT2D eigenvalue weighted by Crippen LogP contribution is -2.36. The number of hydrogen-bond donors (Lipinski definition) is 2. The predicted molar refractivity (Wildman–Crippen MR) is 91.3 cm³/mol. The summed E-state index contributed by atoms with van der Waals surface area (Å²) < 4.78 is 11.1. The van der Waals surface area contributed by atoms with E-state index in [1.807, 2.05) is 25.1 Å². The summed E-state index contributed by atoms with van der Waals surface area (Å²) in [6.45, 7) is 4.55. The Morgan fingerprint density at radius 1 is 1.40 bits per heavy atom. The van der Waals surface area contributed by atoms with Crippen molar-refractivity contribution in [3.05, 3.63) is 35.5 Å². The number of anilines is 1. The van der Waals surface area contributed by atoms with E-state index in [2.05, 4.69) is 27.7 Å². The topological polar surface area (TPSA) is 89.3 Å². The number of carbonyl (C=O) groups excluding carboxylic acids is 1. The number of amides is 1. The third-order valence-corrected chi connectivity index (χ3v) is 4.67. The monoisotopic (exact) mass is 342 g/mol. The Morgan fingerprint density at radius 3 is 3.00 bits per heavy atom. The molecule has 2 aliphatic rings. The molecule has 1 aromatic heterocycles. The first-order valence-corrected chi connectivity index (χ1v) is 8.81. The minimum absolute atomic E-state index is 0.0857. The van der Waals surface area contributed by atoms with Crippen molar-refractivity contribution in [1.29, 1.82) is 0 Å². The Labute approximate surface area is 146 Å². The molecule has 2 unspecified atom stereocenters. The van der Waals surface area contributed by atoms with Crippen molar-refractivity contribution < 1.29 is 14.1 Å². The summed E-state index contributed by atoms with van der Waals surface area (Å²) in [6.07, 6.45) is 2.52. The van der Waals surface area contributed by atoms with Crippen molar-refractivity contribution in [3.8, 4) is 5.75 Å². The molecular formula is C18H22N4O3. The number of ether oxygens (including phenoxy) is 1. The highest BCUT2D eigenvalue weighted by molar-refractivity contribution is 5.97. The molecule has 0 radical (unpaired) electrons. The fourth-order valence-electron chi connectivity index (χ4n) is 2.90. The zero-order chi connectivity index (χ0) is 17.4. The number of carbonyl (C=O) groups is 1. The van der Waals surface area contributed by atoms with Crippen LogP contribution in [0.2, 0.25) is 0 Å². The average molecular weight is 342 g/mol. The summed E-state index contributed by atoms with van der Waals surface area (Å²) in [5, 5.41) is 10.3. The zero-order valence-corrected chi connectivity index (χ0v) is 14.4. The number of nitrogens with one attached hydrogen (secondary N) is 2. The van der Waals surface area contributed by atoms with Gasteiger partial charge < -0.3 is 19.9 Å². The molecule has 132 valence electrons. The number of fused-ring (bicyclic) bond motifs is 1.